The van der Waals surface area contributed by atoms with E-state index in [1.165, 1.54) is 4.68 Å². The number of aromatic nitrogens is 3. The third-order valence-electron chi connectivity index (χ3n) is 3.07. The summed E-state index contributed by atoms with van der Waals surface area (Å²) in [6.07, 6.45) is 1.58. The van der Waals surface area contributed by atoms with Crippen LogP contribution in [-0.2, 0) is 22.9 Å². The maximum Gasteiger partial charge on any atom is 0.313 e. The van der Waals surface area contributed by atoms with Gasteiger partial charge in [0.25, 0.3) is 0 Å². The Morgan fingerprint density at radius 3 is 2.43 bits per heavy atom. The van der Waals surface area contributed by atoms with Crippen LogP contribution in [0, 0.1) is 5.41 Å². The van der Waals surface area contributed by atoms with Crippen LogP contribution < -0.4 is 9.47 Å². The van der Waals surface area contributed by atoms with Crippen molar-refractivity contribution in [3.8, 4) is 11.5 Å². The highest BCUT2D eigenvalue weighted by Crippen LogP contribution is 2.18. The number of methoxy groups -OCH3 is 1. The van der Waals surface area contributed by atoms with E-state index in [9.17, 15) is 4.79 Å². The van der Waals surface area contributed by atoms with Gasteiger partial charge in [0, 0.05) is 0 Å². The quantitative estimate of drug-likeness (QED) is 0.761. The number of hydrogen-bond acceptors (Lipinski definition) is 6. The van der Waals surface area contributed by atoms with Crippen LogP contribution in [0.15, 0.2) is 30.5 Å². The summed E-state index contributed by atoms with van der Waals surface area (Å²) in [7, 11) is 1.61. The van der Waals surface area contributed by atoms with Gasteiger partial charge in [-0.05, 0) is 45.0 Å². The van der Waals surface area contributed by atoms with E-state index in [1.807, 2.05) is 24.3 Å². The van der Waals surface area contributed by atoms with E-state index >= 15 is 0 Å². The Morgan fingerprint density at radius 2 is 1.83 bits per heavy atom. The Hall–Kier alpha value is -2.57. The number of ether oxygens (including phenoxy) is 3. The van der Waals surface area contributed by atoms with Crippen molar-refractivity contribution in [3.05, 3.63) is 36.2 Å². The molecule has 0 fully saturated rings. The first-order chi connectivity index (χ1) is 10.9. The zero-order valence-electron chi connectivity index (χ0n) is 13.8. The predicted octanol–water partition coefficient (Wildman–Crippen LogP) is 2.41. The van der Waals surface area contributed by atoms with Crippen LogP contribution in [0.2, 0.25) is 0 Å². The van der Waals surface area contributed by atoms with Crippen LogP contribution in [0.25, 0.3) is 0 Å². The molecule has 7 heteroatoms. The largest absolute Gasteiger partial charge is 0.497 e. The van der Waals surface area contributed by atoms with Gasteiger partial charge in [-0.2, -0.15) is 0 Å². The van der Waals surface area contributed by atoms with Crippen LogP contribution >= 0.6 is 0 Å². The molecule has 2 aromatic rings. The monoisotopic (exact) mass is 319 g/mol. The second-order valence-electron chi connectivity index (χ2n) is 6.00. The van der Waals surface area contributed by atoms with E-state index in [0.29, 0.717) is 11.4 Å². The number of rotatable bonds is 6. The van der Waals surface area contributed by atoms with E-state index in [2.05, 4.69) is 10.3 Å². The van der Waals surface area contributed by atoms with Gasteiger partial charge in [0.2, 0.25) is 0 Å². The molecule has 1 aromatic heterocycles. The molecule has 0 saturated carbocycles. The lowest BCUT2D eigenvalue weighted by Crippen LogP contribution is -2.24. The number of esters is 1. The highest BCUT2D eigenvalue weighted by Gasteiger charge is 2.23. The zero-order valence-corrected chi connectivity index (χ0v) is 13.8. The molecule has 0 aliphatic rings. The zero-order chi connectivity index (χ0) is 16.9. The molecule has 0 spiro atoms. The second-order valence-corrected chi connectivity index (χ2v) is 6.00. The van der Waals surface area contributed by atoms with E-state index in [0.717, 1.165) is 5.75 Å². The number of carbonyl (C=O) groups excluding carboxylic acids is 1. The minimum atomic E-state index is -0.555. The van der Waals surface area contributed by atoms with E-state index in [1.54, 1.807) is 34.1 Å². The predicted molar refractivity (Wildman–Crippen MR) is 82.9 cm³/mol. The molecule has 7 nitrogen and oxygen atoms in total. The molecule has 0 aliphatic carbocycles. The summed E-state index contributed by atoms with van der Waals surface area (Å²) in [6, 6.07) is 7.26. The van der Waals surface area contributed by atoms with Gasteiger partial charge in [-0.25, -0.2) is 4.68 Å². The number of carbonyl (C=O) groups is 1. The molecule has 2 rings (SSSR count). The van der Waals surface area contributed by atoms with Crippen LogP contribution in [0.1, 0.15) is 26.5 Å². The van der Waals surface area contributed by atoms with Crippen molar-refractivity contribution in [1.29, 1.82) is 0 Å². The van der Waals surface area contributed by atoms with Crippen molar-refractivity contribution in [1.82, 2.24) is 15.0 Å². The lowest BCUT2D eigenvalue weighted by Gasteiger charge is -2.16. The lowest BCUT2D eigenvalue weighted by atomic mass is 9.98. The topological polar surface area (TPSA) is 75.5 Å². The van der Waals surface area contributed by atoms with Crippen LogP contribution in [-0.4, -0.2) is 28.1 Å². The molecular weight excluding hydrogens is 298 g/mol. The fourth-order valence-corrected chi connectivity index (χ4v) is 1.66. The Kier molecular flexibility index (Phi) is 5.20. The molecule has 0 aliphatic heterocycles. The van der Waals surface area contributed by atoms with Gasteiger partial charge in [0.15, 0.2) is 6.73 Å². The lowest BCUT2D eigenvalue weighted by molar-refractivity contribution is -0.157. The van der Waals surface area contributed by atoms with Gasteiger partial charge in [0.1, 0.15) is 18.1 Å². The van der Waals surface area contributed by atoms with Crippen LogP contribution in [0.5, 0.6) is 11.5 Å². The molecule has 0 radical (unpaired) electrons. The Morgan fingerprint density at radius 1 is 1.17 bits per heavy atom. The average Bonchev–Trinajstić information content (AvgIpc) is 2.97. The van der Waals surface area contributed by atoms with Crippen molar-refractivity contribution in [2.45, 2.75) is 34.1 Å². The maximum atomic E-state index is 11.8. The van der Waals surface area contributed by atoms with Crippen LogP contribution in [0.3, 0.4) is 0 Å². The Labute approximate surface area is 135 Å². The van der Waals surface area contributed by atoms with Gasteiger partial charge in [-0.1, -0.05) is 5.21 Å². The van der Waals surface area contributed by atoms with Gasteiger partial charge in [-0.15, -0.1) is 5.10 Å². The standard InChI is InChI=1S/C16H21N3O4/c1-16(2,3)15(20)23-11-19-12(9-17-18-19)10-22-14-7-5-13(21-4)6-8-14/h5-9H,10-11H2,1-4H3. The first-order valence-electron chi connectivity index (χ1n) is 7.21. The Balaban J connectivity index is 1.91. The summed E-state index contributed by atoms with van der Waals surface area (Å²) in [6.45, 7) is 5.67. The smallest absolute Gasteiger partial charge is 0.313 e. The normalized spacial score (nSPS) is 11.1. The molecule has 0 atom stereocenters. The third kappa shape index (κ3) is 4.70. The highest BCUT2D eigenvalue weighted by molar-refractivity contribution is 5.75. The van der Waals surface area contributed by atoms with E-state index in [-0.39, 0.29) is 19.3 Å². The summed E-state index contributed by atoms with van der Waals surface area (Å²) < 4.78 is 17.5. The van der Waals surface area contributed by atoms with Crippen molar-refractivity contribution in [2.75, 3.05) is 7.11 Å². The number of benzene rings is 1. The van der Waals surface area contributed by atoms with Crippen LogP contribution in [0.4, 0.5) is 0 Å². The average molecular weight is 319 g/mol. The minimum Gasteiger partial charge on any atom is -0.497 e. The first-order valence-corrected chi connectivity index (χ1v) is 7.21. The second kappa shape index (κ2) is 7.13. The van der Waals surface area contributed by atoms with Crippen molar-refractivity contribution >= 4 is 5.97 Å². The highest BCUT2D eigenvalue weighted by atomic mass is 16.5. The summed E-state index contributed by atoms with van der Waals surface area (Å²) in [5, 5.41) is 7.72. The van der Waals surface area contributed by atoms with Gasteiger partial charge in [0.05, 0.1) is 24.4 Å². The minimum absolute atomic E-state index is 0.0113. The molecule has 0 bridgehead atoms. The Bertz CT molecular complexity index is 644. The van der Waals surface area contributed by atoms with E-state index < -0.39 is 5.41 Å². The molecule has 0 amide bonds. The number of nitrogens with zero attached hydrogens (tertiary/aromatic N) is 3. The molecule has 0 unspecified atom stereocenters. The van der Waals surface area contributed by atoms with Gasteiger partial charge >= 0.3 is 5.97 Å². The van der Waals surface area contributed by atoms with Crippen molar-refractivity contribution < 1.29 is 19.0 Å². The first kappa shape index (κ1) is 16.8. The third-order valence-corrected chi connectivity index (χ3v) is 3.07. The molecule has 0 N–H and O–H groups in total. The molecule has 1 heterocycles. The van der Waals surface area contributed by atoms with Gasteiger partial charge < -0.3 is 14.2 Å². The molecular formula is C16H21N3O4. The number of hydrogen-bond donors (Lipinski definition) is 0. The van der Waals surface area contributed by atoms with Crippen molar-refractivity contribution in [3.63, 3.8) is 0 Å². The molecule has 23 heavy (non-hydrogen) atoms. The summed E-state index contributed by atoms with van der Waals surface area (Å²) in [5.41, 5.74) is 0.155. The summed E-state index contributed by atoms with van der Waals surface area (Å²) >= 11 is 0. The van der Waals surface area contributed by atoms with Crippen molar-refractivity contribution in [2.24, 2.45) is 5.41 Å². The maximum absolute atomic E-state index is 11.8. The van der Waals surface area contributed by atoms with Gasteiger partial charge in [-0.3, -0.25) is 4.79 Å². The summed E-state index contributed by atoms with van der Waals surface area (Å²) in [4.78, 5) is 11.8. The molecule has 0 saturated heterocycles. The molecule has 1 aromatic carbocycles. The van der Waals surface area contributed by atoms with E-state index in [4.69, 9.17) is 14.2 Å². The summed E-state index contributed by atoms with van der Waals surface area (Å²) in [5.74, 6) is 1.17. The molecule has 124 valence electrons. The fraction of sp³-hybridized carbons (Fsp3) is 0.438. The fourth-order valence-electron chi connectivity index (χ4n) is 1.66. The SMILES string of the molecule is COc1ccc(OCc2cnnn2COC(=O)C(C)(C)C)cc1.